The summed E-state index contributed by atoms with van der Waals surface area (Å²) in [5, 5.41) is 9.35. The molecule has 0 amide bonds. The van der Waals surface area contributed by atoms with E-state index in [1.54, 1.807) is 11.3 Å². The summed E-state index contributed by atoms with van der Waals surface area (Å²) in [6, 6.07) is 4.08. The van der Waals surface area contributed by atoms with Crippen LogP contribution in [0, 0.1) is 6.92 Å². The predicted octanol–water partition coefficient (Wildman–Crippen LogP) is 3.52. The first-order chi connectivity index (χ1) is 9.08. The van der Waals surface area contributed by atoms with Crippen LogP contribution in [0.2, 0.25) is 0 Å². The number of carboxylic acids is 1. The van der Waals surface area contributed by atoms with Crippen molar-refractivity contribution >= 4 is 17.3 Å². The highest BCUT2D eigenvalue weighted by molar-refractivity contribution is 7.15. The zero-order valence-electron chi connectivity index (χ0n) is 11.0. The van der Waals surface area contributed by atoms with E-state index in [4.69, 9.17) is 0 Å². The Morgan fingerprint density at radius 2 is 2.32 bits per heavy atom. The Balaban J connectivity index is 2.21. The molecule has 0 bridgehead atoms. The second kappa shape index (κ2) is 4.49. The molecule has 3 heterocycles. The Morgan fingerprint density at radius 1 is 1.53 bits per heavy atom. The summed E-state index contributed by atoms with van der Waals surface area (Å²) in [5.41, 5.74) is 1.12. The summed E-state index contributed by atoms with van der Waals surface area (Å²) in [7, 11) is 0. The van der Waals surface area contributed by atoms with E-state index in [2.05, 4.69) is 23.4 Å². The van der Waals surface area contributed by atoms with Gasteiger partial charge in [0.25, 0.3) is 0 Å². The van der Waals surface area contributed by atoms with Gasteiger partial charge in [0.15, 0.2) is 11.5 Å². The summed E-state index contributed by atoms with van der Waals surface area (Å²) in [5.74, 6) is 0.163. The van der Waals surface area contributed by atoms with Gasteiger partial charge in [-0.25, -0.2) is 9.78 Å². The van der Waals surface area contributed by atoms with E-state index in [1.807, 2.05) is 12.1 Å². The van der Waals surface area contributed by atoms with Gasteiger partial charge in [-0.15, -0.1) is 11.3 Å². The third-order valence-corrected chi connectivity index (χ3v) is 4.65. The second-order valence-corrected chi connectivity index (χ2v) is 6.37. The van der Waals surface area contributed by atoms with Gasteiger partial charge in [0.2, 0.25) is 0 Å². The lowest BCUT2D eigenvalue weighted by molar-refractivity contribution is 0.0688. The maximum Gasteiger partial charge on any atom is 0.356 e. The van der Waals surface area contributed by atoms with Crippen LogP contribution in [0.4, 0.5) is 0 Å². The van der Waals surface area contributed by atoms with Crippen LogP contribution in [-0.4, -0.2) is 20.6 Å². The number of nitrogens with zero attached hydrogens (tertiary/aromatic N) is 2. The van der Waals surface area contributed by atoms with Gasteiger partial charge in [-0.2, -0.15) is 0 Å². The van der Waals surface area contributed by atoms with E-state index >= 15 is 0 Å². The van der Waals surface area contributed by atoms with Crippen LogP contribution in [0.3, 0.4) is 0 Å². The fourth-order valence-electron chi connectivity index (χ4n) is 2.78. The van der Waals surface area contributed by atoms with E-state index in [0.717, 1.165) is 35.8 Å². The van der Waals surface area contributed by atoms with Crippen molar-refractivity contribution in [3.63, 3.8) is 0 Å². The molecule has 1 unspecified atom stereocenters. The van der Waals surface area contributed by atoms with Crippen LogP contribution in [0.15, 0.2) is 12.1 Å². The fourth-order valence-corrected chi connectivity index (χ4v) is 3.65. The van der Waals surface area contributed by atoms with Gasteiger partial charge in [-0.05, 0) is 37.8 Å². The molecule has 19 heavy (non-hydrogen) atoms. The van der Waals surface area contributed by atoms with Crippen molar-refractivity contribution < 1.29 is 9.90 Å². The molecule has 100 valence electrons. The van der Waals surface area contributed by atoms with Gasteiger partial charge in [-0.1, -0.05) is 6.92 Å². The average molecular weight is 276 g/mol. The second-order valence-electron chi connectivity index (χ2n) is 5.08. The number of aromatic nitrogens is 2. The SMILES string of the molecule is Cc1ccc(-c2nc(C(=O)O)c3n2CCCC3C)s1. The number of fused-ring (bicyclic) bond motifs is 1. The van der Waals surface area contributed by atoms with Gasteiger partial charge >= 0.3 is 5.97 Å². The molecular weight excluding hydrogens is 260 g/mol. The van der Waals surface area contributed by atoms with Crippen molar-refractivity contribution in [2.75, 3.05) is 0 Å². The zero-order valence-corrected chi connectivity index (χ0v) is 11.8. The highest BCUT2D eigenvalue weighted by Gasteiger charge is 2.29. The van der Waals surface area contributed by atoms with Crippen molar-refractivity contribution in [2.45, 2.75) is 39.2 Å². The third kappa shape index (κ3) is 1.98. The normalized spacial score (nSPS) is 18.3. The molecule has 1 N–H and O–H groups in total. The van der Waals surface area contributed by atoms with Crippen molar-refractivity contribution in [3.05, 3.63) is 28.4 Å². The van der Waals surface area contributed by atoms with Crippen molar-refractivity contribution in [2.24, 2.45) is 0 Å². The molecule has 1 aliphatic heterocycles. The minimum Gasteiger partial charge on any atom is -0.476 e. The van der Waals surface area contributed by atoms with Crippen LogP contribution in [0.25, 0.3) is 10.7 Å². The molecular formula is C14H16N2O2S. The van der Waals surface area contributed by atoms with E-state index in [-0.39, 0.29) is 11.6 Å². The van der Waals surface area contributed by atoms with Crippen molar-refractivity contribution in [3.8, 4) is 10.7 Å². The van der Waals surface area contributed by atoms with Crippen LogP contribution < -0.4 is 0 Å². The lowest BCUT2D eigenvalue weighted by atomic mass is 9.96. The number of carbonyl (C=O) groups is 1. The third-order valence-electron chi connectivity index (χ3n) is 3.66. The first kappa shape index (κ1) is 12.4. The number of thiophene rings is 1. The van der Waals surface area contributed by atoms with Crippen LogP contribution in [0.5, 0.6) is 0 Å². The molecule has 0 radical (unpaired) electrons. The molecule has 0 saturated heterocycles. The highest BCUT2D eigenvalue weighted by Crippen LogP contribution is 2.36. The molecule has 0 saturated carbocycles. The standard InChI is InChI=1S/C14H16N2O2S/c1-8-4-3-7-16-12(8)11(14(17)18)15-13(16)10-6-5-9(2)19-10/h5-6,8H,3-4,7H2,1-2H3,(H,17,18). The number of imidazole rings is 1. The number of rotatable bonds is 2. The van der Waals surface area contributed by atoms with Gasteiger partial charge < -0.3 is 9.67 Å². The number of hydrogen-bond donors (Lipinski definition) is 1. The summed E-state index contributed by atoms with van der Waals surface area (Å²) < 4.78 is 2.10. The lowest BCUT2D eigenvalue weighted by Crippen LogP contribution is -2.16. The number of aromatic carboxylic acids is 1. The molecule has 5 heteroatoms. The van der Waals surface area contributed by atoms with Crippen molar-refractivity contribution in [1.29, 1.82) is 0 Å². The number of hydrogen-bond acceptors (Lipinski definition) is 3. The Morgan fingerprint density at radius 3 is 2.95 bits per heavy atom. The number of aryl methyl sites for hydroxylation is 1. The molecule has 2 aromatic heterocycles. The monoisotopic (exact) mass is 276 g/mol. The molecule has 4 nitrogen and oxygen atoms in total. The van der Waals surface area contributed by atoms with Crippen LogP contribution in [0.1, 0.15) is 46.7 Å². The zero-order chi connectivity index (χ0) is 13.6. The van der Waals surface area contributed by atoms with Crippen LogP contribution in [-0.2, 0) is 6.54 Å². The molecule has 0 aromatic carbocycles. The summed E-state index contributed by atoms with van der Waals surface area (Å²) >= 11 is 1.66. The molecule has 1 atom stereocenters. The molecule has 0 spiro atoms. The Hall–Kier alpha value is -1.62. The van der Waals surface area contributed by atoms with Gasteiger partial charge in [0.1, 0.15) is 0 Å². The number of carboxylic acid groups (broad SMARTS) is 1. The van der Waals surface area contributed by atoms with E-state index in [0.29, 0.717) is 0 Å². The van der Waals surface area contributed by atoms with Gasteiger partial charge in [-0.3, -0.25) is 0 Å². The van der Waals surface area contributed by atoms with Gasteiger partial charge in [0, 0.05) is 11.4 Å². The topological polar surface area (TPSA) is 55.1 Å². The quantitative estimate of drug-likeness (QED) is 0.913. The first-order valence-electron chi connectivity index (χ1n) is 6.48. The fraction of sp³-hybridized carbons (Fsp3) is 0.429. The maximum absolute atomic E-state index is 11.4. The Labute approximate surface area is 115 Å². The lowest BCUT2D eigenvalue weighted by Gasteiger charge is -2.22. The predicted molar refractivity (Wildman–Crippen MR) is 74.9 cm³/mol. The van der Waals surface area contributed by atoms with E-state index in [1.165, 1.54) is 4.88 Å². The minimum absolute atomic E-state index is 0.230. The maximum atomic E-state index is 11.4. The van der Waals surface area contributed by atoms with Crippen LogP contribution >= 0.6 is 11.3 Å². The Bertz CT molecular complexity index is 642. The van der Waals surface area contributed by atoms with E-state index < -0.39 is 5.97 Å². The average Bonchev–Trinajstić information content (AvgIpc) is 2.93. The summed E-state index contributed by atoms with van der Waals surface area (Å²) in [4.78, 5) is 18.1. The van der Waals surface area contributed by atoms with E-state index in [9.17, 15) is 9.90 Å². The molecule has 0 aliphatic carbocycles. The smallest absolute Gasteiger partial charge is 0.356 e. The van der Waals surface area contributed by atoms with Gasteiger partial charge in [0.05, 0.1) is 10.6 Å². The molecule has 2 aromatic rings. The molecule has 3 rings (SSSR count). The van der Waals surface area contributed by atoms with Crippen molar-refractivity contribution in [1.82, 2.24) is 9.55 Å². The summed E-state index contributed by atoms with van der Waals surface area (Å²) in [6.45, 7) is 5.00. The molecule has 0 fully saturated rings. The highest BCUT2D eigenvalue weighted by atomic mass is 32.1. The first-order valence-corrected chi connectivity index (χ1v) is 7.30. The molecule has 1 aliphatic rings. The largest absolute Gasteiger partial charge is 0.476 e. The minimum atomic E-state index is -0.919. The Kier molecular flexibility index (Phi) is 2.93. The summed E-state index contributed by atoms with van der Waals surface area (Å²) in [6.07, 6.45) is 2.12.